The van der Waals surface area contributed by atoms with Crippen LogP contribution in [0.15, 0.2) is 59.5 Å². The maximum Gasteiger partial charge on any atom is 0.341 e. The second-order valence-electron chi connectivity index (χ2n) is 7.98. The smallest absolute Gasteiger partial charge is 0.341 e. The molecular formula is C26H28ClFN2O3S2. The number of nitrogens with zero attached hydrogens (tertiary/aromatic N) is 1. The lowest BCUT2D eigenvalue weighted by Gasteiger charge is -2.27. The molecule has 1 N–H and O–H groups in total. The summed E-state index contributed by atoms with van der Waals surface area (Å²) in [6.45, 7) is 4.48. The van der Waals surface area contributed by atoms with E-state index in [0.29, 0.717) is 16.3 Å². The van der Waals surface area contributed by atoms with Crippen LogP contribution >= 0.6 is 35.5 Å². The van der Waals surface area contributed by atoms with Gasteiger partial charge in [-0.05, 0) is 48.7 Å². The highest BCUT2D eigenvalue weighted by Gasteiger charge is 2.29. The number of benzene rings is 2. The molecule has 1 aliphatic heterocycles. The molecular weight excluding hydrogens is 507 g/mol. The number of thiophene rings is 1. The summed E-state index contributed by atoms with van der Waals surface area (Å²) in [4.78, 5) is 29.8. The summed E-state index contributed by atoms with van der Waals surface area (Å²) in [5, 5.41) is 3.52. The van der Waals surface area contributed by atoms with Crippen LogP contribution < -0.4 is 5.32 Å². The van der Waals surface area contributed by atoms with Crippen molar-refractivity contribution in [2.75, 3.05) is 24.2 Å². The Morgan fingerprint density at radius 3 is 2.60 bits per heavy atom. The number of carbonyl (C=O) groups is 2. The molecule has 0 saturated heterocycles. The minimum Gasteiger partial charge on any atom is -0.462 e. The average Bonchev–Trinajstić information content (AvgIpc) is 3.18. The fraction of sp³-hybridized carbons (Fsp3) is 0.308. The zero-order valence-corrected chi connectivity index (χ0v) is 21.9. The van der Waals surface area contributed by atoms with Crippen LogP contribution in [0.3, 0.4) is 0 Å². The van der Waals surface area contributed by atoms with Gasteiger partial charge in [-0.1, -0.05) is 30.3 Å². The first-order valence-electron chi connectivity index (χ1n) is 11.3. The molecule has 1 amide bonds. The third kappa shape index (κ3) is 7.30. The molecule has 0 spiro atoms. The molecule has 3 aromatic rings. The number of nitrogens with one attached hydrogen (secondary N) is 1. The van der Waals surface area contributed by atoms with Gasteiger partial charge >= 0.3 is 5.97 Å². The highest BCUT2D eigenvalue weighted by Crippen LogP contribution is 2.38. The van der Waals surface area contributed by atoms with Crippen molar-refractivity contribution < 1.29 is 18.7 Å². The Labute approximate surface area is 219 Å². The minimum absolute atomic E-state index is 0. The highest BCUT2D eigenvalue weighted by molar-refractivity contribution is 7.99. The van der Waals surface area contributed by atoms with Crippen molar-refractivity contribution in [1.29, 1.82) is 0 Å². The van der Waals surface area contributed by atoms with Crippen molar-refractivity contribution in [3.05, 3.63) is 82.0 Å². The number of rotatable bonds is 9. The summed E-state index contributed by atoms with van der Waals surface area (Å²) in [6, 6.07) is 16.5. The summed E-state index contributed by atoms with van der Waals surface area (Å²) >= 11 is 2.96. The van der Waals surface area contributed by atoms with Crippen molar-refractivity contribution in [2.45, 2.75) is 37.8 Å². The van der Waals surface area contributed by atoms with Crippen molar-refractivity contribution in [1.82, 2.24) is 4.90 Å². The average molecular weight is 535 g/mol. The van der Waals surface area contributed by atoms with E-state index in [2.05, 4.69) is 22.3 Å². The number of fused-ring (bicyclic) bond motifs is 1. The number of ether oxygens (including phenoxy) is 1. The zero-order chi connectivity index (χ0) is 23.9. The Balaban J connectivity index is 0.00000342. The molecule has 2 heterocycles. The maximum absolute atomic E-state index is 13.1. The van der Waals surface area contributed by atoms with Gasteiger partial charge in [-0.15, -0.1) is 35.5 Å². The van der Waals surface area contributed by atoms with E-state index in [4.69, 9.17) is 4.74 Å². The standard InChI is InChI=1S/C26H27FN2O3S2.ClH/c1-2-32-26(31)24-21-12-14-29(16-18-6-4-3-5-7-18)17-22(21)34-25(24)28-23(30)13-15-33-20-10-8-19(27)9-11-20;/h3-11H,2,12-17H2,1H3,(H,28,30);1H. The topological polar surface area (TPSA) is 58.6 Å². The molecule has 35 heavy (non-hydrogen) atoms. The SMILES string of the molecule is CCOC(=O)c1c(NC(=O)CCSc2ccc(F)cc2)sc2c1CCN(Cc1ccccc1)C2.Cl. The Morgan fingerprint density at radius 2 is 1.89 bits per heavy atom. The van der Waals surface area contributed by atoms with E-state index in [1.165, 1.54) is 40.8 Å². The first-order valence-corrected chi connectivity index (χ1v) is 13.1. The van der Waals surface area contributed by atoms with Crippen LogP contribution in [0, 0.1) is 5.82 Å². The van der Waals surface area contributed by atoms with Gasteiger partial charge in [-0.25, -0.2) is 9.18 Å². The van der Waals surface area contributed by atoms with Gasteiger partial charge in [0, 0.05) is 41.6 Å². The van der Waals surface area contributed by atoms with Crippen LogP contribution in [0.25, 0.3) is 0 Å². The number of anilines is 1. The molecule has 1 aliphatic rings. The van der Waals surface area contributed by atoms with Crippen molar-refractivity contribution in [3.8, 4) is 0 Å². The number of thioether (sulfide) groups is 1. The number of amides is 1. The minimum atomic E-state index is -0.382. The first kappa shape index (κ1) is 27.2. The molecule has 5 nitrogen and oxygen atoms in total. The number of hydrogen-bond acceptors (Lipinski definition) is 6. The van der Waals surface area contributed by atoms with Gasteiger partial charge in [0.1, 0.15) is 10.8 Å². The Bertz CT molecular complexity index is 1140. The Kier molecular flexibility index (Phi) is 10.2. The van der Waals surface area contributed by atoms with Crippen LogP contribution in [0.4, 0.5) is 9.39 Å². The van der Waals surface area contributed by atoms with E-state index >= 15 is 0 Å². The van der Waals surface area contributed by atoms with Gasteiger partial charge in [0.15, 0.2) is 0 Å². The van der Waals surface area contributed by atoms with Crippen LogP contribution in [0.2, 0.25) is 0 Å². The van der Waals surface area contributed by atoms with Crippen molar-refractivity contribution >= 4 is 52.4 Å². The van der Waals surface area contributed by atoms with Crippen molar-refractivity contribution in [2.24, 2.45) is 0 Å². The third-order valence-corrected chi connectivity index (χ3v) is 7.67. The number of halogens is 2. The van der Waals surface area contributed by atoms with E-state index in [1.54, 1.807) is 19.1 Å². The van der Waals surface area contributed by atoms with Crippen LogP contribution in [-0.2, 0) is 29.0 Å². The summed E-state index contributed by atoms with van der Waals surface area (Å²) in [5.74, 6) is -0.257. The third-order valence-electron chi connectivity index (χ3n) is 5.53. The molecule has 0 saturated carbocycles. The van der Waals surface area contributed by atoms with Crippen LogP contribution in [0.1, 0.15) is 39.7 Å². The number of hydrogen-bond donors (Lipinski definition) is 1. The predicted molar refractivity (Wildman–Crippen MR) is 142 cm³/mol. The lowest BCUT2D eigenvalue weighted by Crippen LogP contribution is -2.29. The summed E-state index contributed by atoms with van der Waals surface area (Å²) in [7, 11) is 0. The lowest BCUT2D eigenvalue weighted by molar-refractivity contribution is -0.115. The Morgan fingerprint density at radius 1 is 1.14 bits per heavy atom. The molecule has 9 heteroatoms. The molecule has 0 aliphatic carbocycles. The van der Waals surface area contributed by atoms with Gasteiger partial charge in [-0.2, -0.15) is 0 Å². The molecule has 0 fully saturated rings. The molecule has 0 bridgehead atoms. The van der Waals surface area contributed by atoms with Crippen molar-refractivity contribution in [3.63, 3.8) is 0 Å². The number of esters is 1. The van der Waals surface area contributed by atoms with Crippen LogP contribution in [-0.4, -0.2) is 35.7 Å². The molecule has 0 radical (unpaired) electrons. The van der Waals surface area contributed by atoms with Gasteiger partial charge < -0.3 is 10.1 Å². The monoisotopic (exact) mass is 534 g/mol. The Hall–Kier alpha value is -2.39. The van der Waals surface area contributed by atoms with Crippen LogP contribution in [0.5, 0.6) is 0 Å². The fourth-order valence-electron chi connectivity index (χ4n) is 3.92. The second kappa shape index (κ2) is 13.1. The molecule has 0 atom stereocenters. The normalized spacial score (nSPS) is 13.0. The van der Waals surface area contributed by atoms with Gasteiger partial charge in [0.05, 0.1) is 12.2 Å². The molecule has 4 rings (SSSR count). The second-order valence-corrected chi connectivity index (χ2v) is 10.2. The lowest BCUT2D eigenvalue weighted by atomic mass is 10.0. The van der Waals surface area contributed by atoms with E-state index in [-0.39, 0.29) is 43.1 Å². The quantitative estimate of drug-likeness (QED) is 0.263. The largest absolute Gasteiger partial charge is 0.462 e. The first-order chi connectivity index (χ1) is 16.5. The van der Waals surface area contributed by atoms with Gasteiger partial charge in [-0.3, -0.25) is 9.69 Å². The van der Waals surface area contributed by atoms with E-state index in [9.17, 15) is 14.0 Å². The molecule has 1 aromatic heterocycles. The highest BCUT2D eigenvalue weighted by atomic mass is 35.5. The van der Waals surface area contributed by atoms with Gasteiger partial charge in [0.25, 0.3) is 0 Å². The van der Waals surface area contributed by atoms with E-state index < -0.39 is 0 Å². The summed E-state index contributed by atoms with van der Waals surface area (Å²) in [6.07, 6.45) is 1.02. The van der Waals surface area contributed by atoms with Gasteiger partial charge in [0.2, 0.25) is 5.91 Å². The molecule has 0 unspecified atom stereocenters. The summed E-state index contributed by atoms with van der Waals surface area (Å²) in [5.41, 5.74) is 2.74. The number of carbonyl (C=O) groups excluding carboxylic acids is 2. The predicted octanol–water partition coefficient (Wildman–Crippen LogP) is 6.16. The van der Waals surface area contributed by atoms with E-state index in [1.807, 2.05) is 18.2 Å². The summed E-state index contributed by atoms with van der Waals surface area (Å²) < 4.78 is 18.4. The molecule has 2 aromatic carbocycles. The zero-order valence-electron chi connectivity index (χ0n) is 19.4. The molecule has 186 valence electrons. The van der Waals surface area contributed by atoms with E-state index in [0.717, 1.165) is 41.4 Å². The fourth-order valence-corrected chi connectivity index (χ4v) is 6.07. The maximum atomic E-state index is 13.1.